The number of para-hydroxylation sites is 2. The molecule has 2 aromatic carbocycles. The summed E-state index contributed by atoms with van der Waals surface area (Å²) in [5.41, 5.74) is 5.62. The summed E-state index contributed by atoms with van der Waals surface area (Å²) in [6.07, 6.45) is 0.152. The Morgan fingerprint density at radius 3 is 2.50 bits per heavy atom. The van der Waals surface area contributed by atoms with Crippen molar-refractivity contribution in [1.29, 1.82) is 0 Å². The molecule has 1 aliphatic rings. The van der Waals surface area contributed by atoms with Crippen LogP contribution in [0.1, 0.15) is 17.9 Å². The van der Waals surface area contributed by atoms with E-state index in [0.29, 0.717) is 0 Å². The molecule has 0 fully saturated rings. The van der Waals surface area contributed by atoms with E-state index in [4.69, 9.17) is 0 Å². The maximum Gasteiger partial charge on any atom is 0.253 e. The summed E-state index contributed by atoms with van der Waals surface area (Å²) in [7, 11) is 1.58. The number of hydrogen-bond donors (Lipinski definition) is 2. The molecule has 0 spiro atoms. The van der Waals surface area contributed by atoms with Crippen molar-refractivity contribution >= 4 is 23.2 Å². The van der Waals surface area contributed by atoms with Crippen molar-refractivity contribution < 1.29 is 9.59 Å². The zero-order valence-electron chi connectivity index (χ0n) is 12.2. The summed E-state index contributed by atoms with van der Waals surface area (Å²) in [5.74, 6) is -0.712. The maximum absolute atomic E-state index is 12.7. The smallest absolute Gasteiger partial charge is 0.253 e. The molecule has 2 amide bonds. The Morgan fingerprint density at radius 2 is 1.77 bits per heavy atom. The summed E-state index contributed by atoms with van der Waals surface area (Å²) in [4.78, 5) is 24.4. The van der Waals surface area contributed by atoms with Gasteiger partial charge in [-0.1, -0.05) is 36.4 Å². The van der Waals surface area contributed by atoms with Gasteiger partial charge < -0.3 is 5.32 Å². The van der Waals surface area contributed by atoms with E-state index in [0.717, 1.165) is 16.9 Å². The van der Waals surface area contributed by atoms with Gasteiger partial charge in [0.15, 0.2) is 0 Å². The Labute approximate surface area is 128 Å². The van der Waals surface area contributed by atoms with Gasteiger partial charge in [-0.2, -0.15) is 0 Å². The third-order valence-electron chi connectivity index (χ3n) is 3.75. The molecule has 0 radical (unpaired) electrons. The van der Waals surface area contributed by atoms with Crippen LogP contribution in [-0.4, -0.2) is 18.9 Å². The molecule has 112 valence electrons. The van der Waals surface area contributed by atoms with Crippen molar-refractivity contribution in [1.82, 2.24) is 5.32 Å². The van der Waals surface area contributed by atoms with Crippen LogP contribution in [0.3, 0.4) is 0 Å². The van der Waals surface area contributed by atoms with Crippen molar-refractivity contribution in [3.63, 3.8) is 0 Å². The van der Waals surface area contributed by atoms with Crippen molar-refractivity contribution in [3.8, 4) is 0 Å². The lowest BCUT2D eigenvalue weighted by atomic mass is 9.97. The van der Waals surface area contributed by atoms with Gasteiger partial charge in [-0.3, -0.25) is 15.0 Å². The van der Waals surface area contributed by atoms with Crippen LogP contribution >= 0.6 is 0 Å². The molecule has 0 saturated heterocycles. The third-order valence-corrected chi connectivity index (χ3v) is 3.75. The highest BCUT2D eigenvalue weighted by Gasteiger charge is 2.38. The van der Waals surface area contributed by atoms with E-state index in [2.05, 4.69) is 10.7 Å². The second kappa shape index (κ2) is 5.89. The molecule has 0 aromatic heterocycles. The van der Waals surface area contributed by atoms with Crippen molar-refractivity contribution in [3.05, 3.63) is 60.2 Å². The molecule has 2 N–H and O–H groups in total. The first-order valence-corrected chi connectivity index (χ1v) is 7.16. The topological polar surface area (TPSA) is 61.4 Å². The second-order valence-electron chi connectivity index (χ2n) is 5.14. The molecule has 5 nitrogen and oxygen atoms in total. The highest BCUT2D eigenvalue weighted by atomic mass is 16.2. The minimum absolute atomic E-state index is 0.117. The molecule has 3 rings (SSSR count). The van der Waals surface area contributed by atoms with E-state index >= 15 is 0 Å². The first kappa shape index (κ1) is 14.1. The van der Waals surface area contributed by atoms with Gasteiger partial charge in [-0.05, 0) is 23.8 Å². The summed E-state index contributed by atoms with van der Waals surface area (Å²) in [6.45, 7) is 0. The second-order valence-corrected chi connectivity index (χ2v) is 5.14. The Hall–Kier alpha value is -2.82. The Morgan fingerprint density at radius 1 is 1.09 bits per heavy atom. The Kier molecular flexibility index (Phi) is 3.78. The number of nitrogens with zero attached hydrogens (tertiary/aromatic N) is 1. The number of anilines is 2. The van der Waals surface area contributed by atoms with Gasteiger partial charge in [-0.25, -0.2) is 5.01 Å². The molecule has 0 saturated carbocycles. The van der Waals surface area contributed by atoms with Crippen LogP contribution in [0.5, 0.6) is 0 Å². The average Bonchev–Trinajstić information content (AvgIpc) is 2.82. The number of hydrazine groups is 1. The molecule has 0 bridgehead atoms. The fourth-order valence-corrected chi connectivity index (χ4v) is 2.64. The Bertz CT molecular complexity index is 700. The maximum atomic E-state index is 12.7. The lowest BCUT2D eigenvalue weighted by molar-refractivity contribution is -0.125. The van der Waals surface area contributed by atoms with E-state index in [1.165, 1.54) is 5.01 Å². The van der Waals surface area contributed by atoms with Crippen LogP contribution in [0.15, 0.2) is 54.6 Å². The van der Waals surface area contributed by atoms with Crippen molar-refractivity contribution in [2.24, 2.45) is 0 Å². The minimum Gasteiger partial charge on any atom is -0.359 e. The molecular formula is C17H17N3O2. The molecule has 0 aliphatic carbocycles. The summed E-state index contributed by atoms with van der Waals surface area (Å²) in [6, 6.07) is 17.0. The van der Waals surface area contributed by atoms with E-state index in [-0.39, 0.29) is 18.2 Å². The predicted octanol–water partition coefficient (Wildman–Crippen LogP) is 2.28. The van der Waals surface area contributed by atoms with Gasteiger partial charge in [0.2, 0.25) is 5.91 Å². The van der Waals surface area contributed by atoms with Gasteiger partial charge in [0.1, 0.15) is 0 Å². The SMILES string of the molecule is CNC(=O)CC1C(=O)N(Nc2ccccc2)c2ccccc21. The van der Waals surface area contributed by atoms with Crippen LogP contribution in [0.2, 0.25) is 0 Å². The third kappa shape index (κ3) is 2.53. The number of carbonyl (C=O) groups is 2. The minimum atomic E-state index is -0.452. The first-order valence-electron chi connectivity index (χ1n) is 7.16. The highest BCUT2D eigenvalue weighted by molar-refractivity contribution is 6.07. The number of nitrogens with one attached hydrogen (secondary N) is 2. The molecule has 1 atom stereocenters. The van der Waals surface area contributed by atoms with Crippen LogP contribution < -0.4 is 15.8 Å². The molecule has 1 aliphatic heterocycles. The Balaban J connectivity index is 1.92. The monoisotopic (exact) mass is 295 g/mol. The fourth-order valence-electron chi connectivity index (χ4n) is 2.64. The van der Waals surface area contributed by atoms with Gasteiger partial charge in [0, 0.05) is 13.5 Å². The van der Waals surface area contributed by atoms with Crippen LogP contribution in [0.25, 0.3) is 0 Å². The lowest BCUT2D eigenvalue weighted by Crippen LogP contribution is -2.35. The lowest BCUT2D eigenvalue weighted by Gasteiger charge is -2.20. The van der Waals surface area contributed by atoms with E-state index < -0.39 is 5.92 Å². The van der Waals surface area contributed by atoms with Gasteiger partial charge in [-0.15, -0.1) is 0 Å². The largest absolute Gasteiger partial charge is 0.359 e. The molecule has 1 heterocycles. The standard InChI is InChI=1S/C17H17N3O2/c1-18-16(21)11-14-13-9-5-6-10-15(13)20(17(14)22)19-12-7-3-2-4-8-12/h2-10,14,19H,11H2,1H3,(H,18,21). The number of benzene rings is 2. The van der Waals surface area contributed by atoms with Crippen molar-refractivity contribution in [2.45, 2.75) is 12.3 Å². The number of amides is 2. The summed E-state index contributed by atoms with van der Waals surface area (Å²) >= 11 is 0. The molecule has 1 unspecified atom stereocenters. The summed E-state index contributed by atoms with van der Waals surface area (Å²) in [5, 5.41) is 4.10. The van der Waals surface area contributed by atoms with Gasteiger partial charge >= 0.3 is 0 Å². The van der Waals surface area contributed by atoms with E-state index in [1.807, 2.05) is 54.6 Å². The first-order chi connectivity index (χ1) is 10.7. The average molecular weight is 295 g/mol. The number of rotatable bonds is 4. The quantitative estimate of drug-likeness (QED) is 0.909. The number of fused-ring (bicyclic) bond motifs is 1. The van der Waals surface area contributed by atoms with Gasteiger partial charge in [0.05, 0.1) is 17.3 Å². The normalized spacial score (nSPS) is 16.3. The zero-order chi connectivity index (χ0) is 15.5. The van der Waals surface area contributed by atoms with Crippen LogP contribution in [0, 0.1) is 0 Å². The molecular weight excluding hydrogens is 278 g/mol. The predicted molar refractivity (Wildman–Crippen MR) is 85.4 cm³/mol. The zero-order valence-corrected chi connectivity index (χ0v) is 12.2. The summed E-state index contributed by atoms with van der Waals surface area (Å²) < 4.78 is 0. The number of carbonyl (C=O) groups excluding carboxylic acids is 2. The van der Waals surface area contributed by atoms with Crippen LogP contribution in [-0.2, 0) is 9.59 Å². The van der Waals surface area contributed by atoms with Crippen molar-refractivity contribution in [2.75, 3.05) is 17.5 Å². The van der Waals surface area contributed by atoms with E-state index in [9.17, 15) is 9.59 Å². The highest BCUT2D eigenvalue weighted by Crippen LogP contribution is 2.38. The molecule has 2 aromatic rings. The molecule has 22 heavy (non-hydrogen) atoms. The molecule has 5 heteroatoms. The number of hydrogen-bond acceptors (Lipinski definition) is 3. The van der Waals surface area contributed by atoms with Gasteiger partial charge in [0.25, 0.3) is 5.91 Å². The fraction of sp³-hybridized carbons (Fsp3) is 0.176. The van der Waals surface area contributed by atoms with E-state index in [1.54, 1.807) is 7.05 Å². The van der Waals surface area contributed by atoms with Crippen LogP contribution in [0.4, 0.5) is 11.4 Å².